The number of ether oxygens (including phenoxy) is 1. The van der Waals surface area contributed by atoms with E-state index in [1.54, 1.807) is 5.38 Å². The highest BCUT2D eigenvalue weighted by molar-refractivity contribution is 7.13. The number of carbonyl (C=O) groups excluding carboxylic acids is 1. The van der Waals surface area contributed by atoms with Crippen LogP contribution < -0.4 is 5.32 Å². The molecule has 0 radical (unpaired) electrons. The number of hydrogen-bond donors (Lipinski definition) is 1. The van der Waals surface area contributed by atoms with Gasteiger partial charge in [-0.15, -0.1) is 11.3 Å². The number of anilines is 1. The molecule has 1 aromatic rings. The number of aromatic nitrogens is 1. The van der Waals surface area contributed by atoms with Crippen LogP contribution in [-0.4, -0.2) is 48.6 Å². The number of esters is 1. The fourth-order valence-corrected chi connectivity index (χ4v) is 2.94. The van der Waals surface area contributed by atoms with Crippen molar-refractivity contribution in [3.8, 4) is 0 Å². The van der Waals surface area contributed by atoms with Crippen LogP contribution in [-0.2, 0) is 4.74 Å². The van der Waals surface area contributed by atoms with Gasteiger partial charge in [-0.1, -0.05) is 0 Å². The minimum absolute atomic E-state index is 0.333. The highest BCUT2D eigenvalue weighted by Crippen LogP contribution is 2.17. The lowest BCUT2D eigenvalue weighted by Gasteiger charge is -2.20. The third-order valence-electron chi connectivity index (χ3n) is 3.00. The largest absolute Gasteiger partial charge is 0.464 e. The van der Waals surface area contributed by atoms with Gasteiger partial charge in [-0.25, -0.2) is 9.78 Å². The van der Waals surface area contributed by atoms with Crippen LogP contribution in [0.25, 0.3) is 0 Å². The minimum Gasteiger partial charge on any atom is -0.464 e. The normalized spacial score (nSPS) is 17.7. The van der Waals surface area contributed by atoms with Crippen molar-refractivity contribution in [3.63, 3.8) is 0 Å². The van der Waals surface area contributed by atoms with E-state index < -0.39 is 0 Å². The van der Waals surface area contributed by atoms with Crippen molar-refractivity contribution >= 4 is 22.4 Å². The zero-order chi connectivity index (χ0) is 13.0. The second-order valence-corrected chi connectivity index (χ2v) is 5.44. The van der Waals surface area contributed by atoms with Crippen LogP contribution in [0.5, 0.6) is 0 Å². The standard InChI is InChI=1S/C12H19N3O2S/c1-9(7-15-5-3-4-6-15)13-12-14-10(8-18-12)11(16)17-2/h8-9H,3-7H2,1-2H3,(H,13,14). The Morgan fingerprint density at radius 1 is 1.61 bits per heavy atom. The molecule has 0 bridgehead atoms. The second-order valence-electron chi connectivity index (χ2n) is 4.58. The van der Waals surface area contributed by atoms with Crippen molar-refractivity contribution < 1.29 is 9.53 Å². The zero-order valence-corrected chi connectivity index (χ0v) is 11.6. The van der Waals surface area contributed by atoms with E-state index in [1.807, 2.05) is 0 Å². The summed E-state index contributed by atoms with van der Waals surface area (Å²) in [7, 11) is 1.37. The summed E-state index contributed by atoms with van der Waals surface area (Å²) in [5.74, 6) is -0.383. The van der Waals surface area contributed by atoms with Gasteiger partial charge in [-0.2, -0.15) is 0 Å². The smallest absolute Gasteiger partial charge is 0.357 e. The van der Waals surface area contributed by atoms with E-state index in [1.165, 1.54) is 44.4 Å². The van der Waals surface area contributed by atoms with Crippen molar-refractivity contribution in [2.24, 2.45) is 0 Å². The van der Waals surface area contributed by atoms with E-state index >= 15 is 0 Å². The molecule has 0 aromatic carbocycles. The van der Waals surface area contributed by atoms with Crippen LogP contribution in [0.3, 0.4) is 0 Å². The molecule has 2 rings (SSSR count). The maximum Gasteiger partial charge on any atom is 0.357 e. The van der Waals surface area contributed by atoms with Crippen molar-refractivity contribution in [3.05, 3.63) is 11.1 Å². The molecule has 2 heterocycles. The van der Waals surface area contributed by atoms with Crippen molar-refractivity contribution in [2.45, 2.75) is 25.8 Å². The topological polar surface area (TPSA) is 54.5 Å². The van der Waals surface area contributed by atoms with Crippen LogP contribution in [0.2, 0.25) is 0 Å². The monoisotopic (exact) mass is 269 g/mol. The Labute approximate surface area is 111 Å². The molecule has 6 heteroatoms. The van der Waals surface area contributed by atoms with Crippen LogP contribution in [0.1, 0.15) is 30.3 Å². The number of nitrogens with one attached hydrogen (secondary N) is 1. The molecule has 1 aliphatic heterocycles. The minimum atomic E-state index is -0.383. The lowest BCUT2D eigenvalue weighted by Crippen LogP contribution is -2.32. The van der Waals surface area contributed by atoms with Crippen LogP contribution in [0.4, 0.5) is 5.13 Å². The average Bonchev–Trinajstić information content (AvgIpc) is 2.99. The molecule has 1 N–H and O–H groups in total. The van der Waals surface area contributed by atoms with Gasteiger partial charge in [-0.3, -0.25) is 0 Å². The molecule has 1 fully saturated rings. The Bertz CT molecular complexity index is 402. The van der Waals surface area contributed by atoms with Gasteiger partial charge in [0.2, 0.25) is 0 Å². The third-order valence-corrected chi connectivity index (χ3v) is 3.77. The molecule has 5 nitrogen and oxygen atoms in total. The number of likely N-dealkylation sites (tertiary alicyclic amines) is 1. The first-order valence-corrected chi connectivity index (χ1v) is 7.09. The van der Waals surface area contributed by atoms with Crippen molar-refractivity contribution in [1.82, 2.24) is 9.88 Å². The number of methoxy groups -OCH3 is 1. The summed E-state index contributed by atoms with van der Waals surface area (Å²) in [5, 5.41) is 5.82. The summed E-state index contributed by atoms with van der Waals surface area (Å²) >= 11 is 1.44. The summed E-state index contributed by atoms with van der Waals surface area (Å²) in [6.07, 6.45) is 2.60. The van der Waals surface area contributed by atoms with Gasteiger partial charge in [0.05, 0.1) is 7.11 Å². The van der Waals surface area contributed by atoms with Crippen molar-refractivity contribution in [1.29, 1.82) is 0 Å². The summed E-state index contributed by atoms with van der Waals surface area (Å²) in [4.78, 5) is 17.9. The molecular weight excluding hydrogens is 250 g/mol. The highest BCUT2D eigenvalue weighted by atomic mass is 32.1. The van der Waals surface area contributed by atoms with Gasteiger partial charge in [0.25, 0.3) is 0 Å². The van der Waals surface area contributed by atoms with Crippen LogP contribution >= 0.6 is 11.3 Å². The Kier molecular flexibility index (Phi) is 4.54. The molecular formula is C12H19N3O2S. The molecule has 1 aromatic heterocycles. The number of rotatable bonds is 5. The fourth-order valence-electron chi connectivity index (χ4n) is 2.15. The lowest BCUT2D eigenvalue weighted by molar-refractivity contribution is 0.0595. The molecule has 100 valence electrons. The maximum absolute atomic E-state index is 11.3. The Morgan fingerprint density at radius 2 is 2.33 bits per heavy atom. The summed E-state index contributed by atoms with van der Waals surface area (Å²) in [6.45, 7) is 5.54. The Hall–Kier alpha value is -1.14. The molecule has 1 atom stereocenters. The van der Waals surface area contributed by atoms with Gasteiger partial charge < -0.3 is 15.0 Å². The van der Waals surface area contributed by atoms with Gasteiger partial charge in [0.1, 0.15) is 0 Å². The van der Waals surface area contributed by atoms with E-state index in [0.29, 0.717) is 11.7 Å². The highest BCUT2D eigenvalue weighted by Gasteiger charge is 2.16. The predicted octanol–water partition coefficient (Wildman–Crippen LogP) is 1.83. The molecule has 1 unspecified atom stereocenters. The summed E-state index contributed by atoms with van der Waals surface area (Å²) < 4.78 is 4.63. The molecule has 18 heavy (non-hydrogen) atoms. The molecule has 1 aliphatic rings. The lowest BCUT2D eigenvalue weighted by atomic mass is 10.3. The van der Waals surface area contributed by atoms with Crippen LogP contribution in [0.15, 0.2) is 5.38 Å². The van der Waals surface area contributed by atoms with Gasteiger partial charge in [-0.05, 0) is 32.9 Å². The Morgan fingerprint density at radius 3 is 3.00 bits per heavy atom. The molecule has 0 saturated carbocycles. The van der Waals surface area contributed by atoms with E-state index in [-0.39, 0.29) is 5.97 Å². The number of thiazole rings is 1. The Balaban J connectivity index is 1.84. The first-order chi connectivity index (χ1) is 8.69. The van der Waals surface area contributed by atoms with Crippen LogP contribution in [0, 0.1) is 0 Å². The SMILES string of the molecule is COC(=O)c1csc(NC(C)CN2CCCC2)n1. The van der Waals surface area contributed by atoms with E-state index in [0.717, 1.165) is 11.7 Å². The van der Waals surface area contributed by atoms with Gasteiger partial charge in [0.15, 0.2) is 10.8 Å². The molecule has 0 spiro atoms. The first kappa shape index (κ1) is 13.3. The molecule has 0 amide bonds. The number of carbonyl (C=O) groups is 1. The number of hydrogen-bond acceptors (Lipinski definition) is 6. The maximum atomic E-state index is 11.3. The first-order valence-electron chi connectivity index (χ1n) is 6.22. The molecule has 1 saturated heterocycles. The van der Waals surface area contributed by atoms with E-state index in [4.69, 9.17) is 0 Å². The van der Waals surface area contributed by atoms with E-state index in [2.05, 4.69) is 26.9 Å². The summed E-state index contributed by atoms with van der Waals surface area (Å²) in [5.41, 5.74) is 0.373. The van der Waals surface area contributed by atoms with Gasteiger partial charge in [0, 0.05) is 18.0 Å². The van der Waals surface area contributed by atoms with Gasteiger partial charge >= 0.3 is 5.97 Å². The predicted molar refractivity (Wildman–Crippen MR) is 72.2 cm³/mol. The second kappa shape index (κ2) is 6.15. The van der Waals surface area contributed by atoms with E-state index in [9.17, 15) is 4.79 Å². The quantitative estimate of drug-likeness (QED) is 0.826. The third kappa shape index (κ3) is 3.43. The summed E-state index contributed by atoms with van der Waals surface area (Å²) in [6, 6.07) is 0.333. The van der Waals surface area contributed by atoms with Crippen molar-refractivity contribution in [2.75, 3.05) is 32.1 Å². The average molecular weight is 269 g/mol. The fraction of sp³-hybridized carbons (Fsp3) is 0.667. The zero-order valence-electron chi connectivity index (χ0n) is 10.8. The molecule has 0 aliphatic carbocycles. The number of nitrogens with zero attached hydrogens (tertiary/aromatic N) is 2.